The van der Waals surface area contributed by atoms with E-state index in [0.29, 0.717) is 13.0 Å². The molecular formula is C25H34N6O. The predicted octanol–water partition coefficient (Wildman–Crippen LogP) is 2.41. The van der Waals surface area contributed by atoms with Gasteiger partial charge >= 0.3 is 0 Å². The number of carbonyl (C=O) groups excluding carboxylic acids is 1. The van der Waals surface area contributed by atoms with Gasteiger partial charge in [0.1, 0.15) is 5.82 Å². The van der Waals surface area contributed by atoms with Crippen LogP contribution in [0.5, 0.6) is 0 Å². The lowest BCUT2D eigenvalue weighted by atomic mass is 9.64. The minimum Gasteiger partial charge on any atom is -0.356 e. The second-order valence-electron chi connectivity index (χ2n) is 8.66. The summed E-state index contributed by atoms with van der Waals surface area (Å²) in [6.07, 6.45) is 5.94. The molecule has 1 aliphatic heterocycles. The molecule has 1 aromatic heterocycles. The number of aromatic nitrogens is 1. The Morgan fingerprint density at radius 3 is 2.41 bits per heavy atom. The molecule has 2 aliphatic rings. The molecule has 7 nitrogen and oxygen atoms in total. The Hall–Kier alpha value is -3.09. The van der Waals surface area contributed by atoms with Gasteiger partial charge in [0.2, 0.25) is 5.91 Å². The number of guanidine groups is 1. The van der Waals surface area contributed by atoms with Gasteiger partial charge in [0, 0.05) is 64.3 Å². The van der Waals surface area contributed by atoms with Gasteiger partial charge in [-0.15, -0.1) is 0 Å². The highest BCUT2D eigenvalue weighted by Crippen LogP contribution is 2.43. The van der Waals surface area contributed by atoms with E-state index in [-0.39, 0.29) is 11.3 Å². The second-order valence-corrected chi connectivity index (χ2v) is 8.66. The van der Waals surface area contributed by atoms with Crippen molar-refractivity contribution in [3.63, 3.8) is 0 Å². The molecule has 1 aliphatic carbocycles. The normalized spacial score (nSPS) is 18.1. The topological polar surface area (TPSA) is 72.9 Å². The van der Waals surface area contributed by atoms with Crippen molar-refractivity contribution < 1.29 is 4.79 Å². The van der Waals surface area contributed by atoms with Crippen molar-refractivity contribution in [1.82, 2.24) is 20.5 Å². The van der Waals surface area contributed by atoms with Crippen LogP contribution in [0.25, 0.3) is 0 Å². The molecule has 0 radical (unpaired) electrons. The molecule has 2 heterocycles. The fourth-order valence-electron chi connectivity index (χ4n) is 4.61. The lowest BCUT2D eigenvalue weighted by molar-refractivity contribution is -0.131. The Kier molecular flexibility index (Phi) is 7.24. The molecule has 0 atom stereocenters. The van der Waals surface area contributed by atoms with Crippen molar-refractivity contribution in [3.8, 4) is 0 Å². The molecule has 170 valence electrons. The number of hydrogen-bond donors (Lipinski definition) is 2. The average Bonchev–Trinajstić information content (AvgIpc) is 2.83. The molecule has 1 aromatic carbocycles. The van der Waals surface area contributed by atoms with Gasteiger partial charge in [-0.25, -0.2) is 4.98 Å². The number of piperazine rings is 1. The van der Waals surface area contributed by atoms with Crippen molar-refractivity contribution in [1.29, 1.82) is 0 Å². The van der Waals surface area contributed by atoms with Crippen molar-refractivity contribution in [3.05, 3.63) is 60.3 Å². The van der Waals surface area contributed by atoms with Crippen LogP contribution in [0.15, 0.2) is 59.7 Å². The van der Waals surface area contributed by atoms with Gasteiger partial charge in [-0.05, 0) is 30.5 Å². The number of aliphatic imine (C=N–C) groups is 1. The summed E-state index contributed by atoms with van der Waals surface area (Å²) in [5.74, 6) is 1.93. The minimum absolute atomic E-state index is 0.188. The third-order valence-corrected chi connectivity index (χ3v) is 6.75. The van der Waals surface area contributed by atoms with Crippen molar-refractivity contribution in [2.24, 2.45) is 4.99 Å². The van der Waals surface area contributed by atoms with Crippen LogP contribution in [0.1, 0.15) is 31.2 Å². The maximum Gasteiger partial charge on any atom is 0.224 e. The number of pyridine rings is 1. The maximum atomic E-state index is 12.7. The van der Waals surface area contributed by atoms with E-state index in [1.807, 2.05) is 29.3 Å². The molecule has 1 amide bonds. The summed E-state index contributed by atoms with van der Waals surface area (Å²) in [5.41, 5.74) is 1.59. The first-order valence-corrected chi connectivity index (χ1v) is 11.6. The molecule has 1 saturated carbocycles. The zero-order chi connectivity index (χ0) is 22.2. The highest BCUT2D eigenvalue weighted by Gasteiger charge is 2.38. The van der Waals surface area contributed by atoms with Crippen molar-refractivity contribution in [2.75, 3.05) is 51.2 Å². The van der Waals surface area contributed by atoms with E-state index in [4.69, 9.17) is 0 Å². The highest BCUT2D eigenvalue weighted by molar-refractivity contribution is 5.81. The number of benzene rings is 1. The predicted molar refractivity (Wildman–Crippen MR) is 129 cm³/mol. The van der Waals surface area contributed by atoms with E-state index < -0.39 is 0 Å². The van der Waals surface area contributed by atoms with Crippen LogP contribution in [-0.2, 0) is 10.2 Å². The van der Waals surface area contributed by atoms with E-state index >= 15 is 0 Å². The van der Waals surface area contributed by atoms with Crippen LogP contribution in [0.3, 0.4) is 0 Å². The summed E-state index contributed by atoms with van der Waals surface area (Å²) < 4.78 is 0. The van der Waals surface area contributed by atoms with Gasteiger partial charge in [-0.1, -0.05) is 42.8 Å². The van der Waals surface area contributed by atoms with E-state index in [9.17, 15) is 4.79 Å². The van der Waals surface area contributed by atoms with Crippen LogP contribution >= 0.6 is 0 Å². The number of anilines is 1. The summed E-state index contributed by atoms with van der Waals surface area (Å²) >= 11 is 0. The standard InChI is InChI=1S/C25H34N6O/c1-26-24(29-20-25(12-7-13-25)21-8-3-2-4-9-21)28-15-11-23(32)31-18-16-30(17-19-31)22-10-5-6-14-27-22/h2-6,8-10,14H,7,11-13,15-20H2,1H3,(H2,26,28,29). The number of hydrogen-bond acceptors (Lipinski definition) is 4. The average molecular weight is 435 g/mol. The van der Waals surface area contributed by atoms with E-state index in [1.165, 1.54) is 24.8 Å². The molecule has 2 fully saturated rings. The molecule has 7 heteroatoms. The lowest BCUT2D eigenvalue weighted by Crippen LogP contribution is -2.50. The number of rotatable bonds is 7. The Labute approximate surface area is 190 Å². The SMILES string of the molecule is CN=C(NCCC(=O)N1CCN(c2ccccn2)CC1)NCC1(c2ccccc2)CCC1. The summed E-state index contributed by atoms with van der Waals surface area (Å²) in [6, 6.07) is 16.7. The maximum absolute atomic E-state index is 12.7. The zero-order valence-electron chi connectivity index (χ0n) is 19.0. The van der Waals surface area contributed by atoms with Gasteiger partial charge in [-0.2, -0.15) is 0 Å². The van der Waals surface area contributed by atoms with E-state index in [0.717, 1.165) is 44.5 Å². The molecule has 1 saturated heterocycles. The van der Waals surface area contributed by atoms with Crippen molar-refractivity contribution >= 4 is 17.7 Å². The molecule has 4 rings (SSSR count). The third kappa shape index (κ3) is 5.21. The van der Waals surface area contributed by atoms with Crippen LogP contribution < -0.4 is 15.5 Å². The molecule has 2 aromatic rings. The van der Waals surface area contributed by atoms with Gasteiger partial charge in [0.25, 0.3) is 0 Å². The Morgan fingerprint density at radius 1 is 1.03 bits per heavy atom. The summed E-state index contributed by atoms with van der Waals surface area (Å²) in [4.78, 5) is 25.6. The number of carbonyl (C=O) groups is 1. The number of nitrogens with zero attached hydrogens (tertiary/aromatic N) is 4. The summed E-state index contributed by atoms with van der Waals surface area (Å²) in [6.45, 7) is 4.56. The third-order valence-electron chi connectivity index (χ3n) is 6.75. The van der Waals surface area contributed by atoms with Gasteiger partial charge in [0.05, 0.1) is 0 Å². The van der Waals surface area contributed by atoms with Crippen LogP contribution in [0.4, 0.5) is 5.82 Å². The Morgan fingerprint density at radius 2 is 1.78 bits per heavy atom. The van der Waals surface area contributed by atoms with Gasteiger partial charge < -0.3 is 20.4 Å². The first-order valence-electron chi connectivity index (χ1n) is 11.6. The summed E-state index contributed by atoms with van der Waals surface area (Å²) in [7, 11) is 1.78. The summed E-state index contributed by atoms with van der Waals surface area (Å²) in [5, 5.41) is 6.81. The number of amides is 1. The first kappa shape index (κ1) is 22.1. The fraction of sp³-hybridized carbons (Fsp3) is 0.480. The number of nitrogens with one attached hydrogen (secondary N) is 2. The van der Waals surface area contributed by atoms with Gasteiger partial charge in [-0.3, -0.25) is 9.79 Å². The van der Waals surface area contributed by atoms with E-state index in [1.54, 1.807) is 7.05 Å². The second kappa shape index (κ2) is 10.5. The molecule has 2 N–H and O–H groups in total. The van der Waals surface area contributed by atoms with Crippen LogP contribution in [0, 0.1) is 0 Å². The quantitative estimate of drug-likeness (QED) is 0.517. The molecule has 0 bridgehead atoms. The first-order chi connectivity index (χ1) is 15.7. The van der Waals surface area contributed by atoms with Crippen LogP contribution in [0.2, 0.25) is 0 Å². The van der Waals surface area contributed by atoms with Gasteiger partial charge in [0.15, 0.2) is 5.96 Å². The largest absolute Gasteiger partial charge is 0.356 e. The zero-order valence-corrected chi connectivity index (χ0v) is 19.0. The minimum atomic E-state index is 0.188. The smallest absolute Gasteiger partial charge is 0.224 e. The van der Waals surface area contributed by atoms with Crippen molar-refractivity contribution in [2.45, 2.75) is 31.1 Å². The monoisotopic (exact) mass is 434 g/mol. The Bertz CT molecular complexity index is 889. The molecular weight excluding hydrogens is 400 g/mol. The lowest BCUT2D eigenvalue weighted by Gasteiger charge is -2.43. The molecule has 32 heavy (non-hydrogen) atoms. The fourth-order valence-corrected chi connectivity index (χ4v) is 4.61. The highest BCUT2D eigenvalue weighted by atomic mass is 16.2. The van der Waals surface area contributed by atoms with E-state index in [2.05, 4.69) is 55.8 Å². The molecule has 0 unspecified atom stereocenters. The Balaban J connectivity index is 1.19. The molecule has 0 spiro atoms. The van der Waals surface area contributed by atoms with Crippen LogP contribution in [-0.4, -0.2) is 68.1 Å².